The van der Waals surface area contributed by atoms with Crippen molar-refractivity contribution in [3.05, 3.63) is 59.5 Å². The summed E-state index contributed by atoms with van der Waals surface area (Å²) in [5, 5.41) is 9.26. The predicted molar refractivity (Wildman–Crippen MR) is 121 cm³/mol. The van der Waals surface area contributed by atoms with E-state index >= 15 is 0 Å². The highest BCUT2D eigenvalue weighted by atomic mass is 35.5. The quantitative estimate of drug-likeness (QED) is 0.418. The minimum atomic E-state index is -5.08. The maximum Gasteiger partial charge on any atom is 0.490 e. The summed E-state index contributed by atoms with van der Waals surface area (Å²) >= 11 is 7.33. The number of nitrogens with zero attached hydrogens (tertiary/aromatic N) is 3. The van der Waals surface area contributed by atoms with Gasteiger partial charge in [-0.2, -0.15) is 13.2 Å². The van der Waals surface area contributed by atoms with Gasteiger partial charge in [0.05, 0.1) is 17.9 Å². The molecule has 4 rings (SSSR count). The number of primary amides is 1. The zero-order valence-electron chi connectivity index (χ0n) is 17.9. The zero-order valence-corrected chi connectivity index (χ0v) is 19.4. The van der Waals surface area contributed by atoms with E-state index in [2.05, 4.69) is 9.97 Å². The van der Waals surface area contributed by atoms with E-state index in [1.807, 2.05) is 30.3 Å². The van der Waals surface area contributed by atoms with Crippen molar-refractivity contribution in [3.8, 4) is 11.3 Å². The number of aryl methyl sites for hydroxylation is 1. The first-order valence-electron chi connectivity index (χ1n) is 10.1. The zero-order chi connectivity index (χ0) is 25.8. The molecule has 2 atom stereocenters. The van der Waals surface area contributed by atoms with Crippen LogP contribution < -0.4 is 5.73 Å². The van der Waals surface area contributed by atoms with Crippen molar-refractivity contribution < 1.29 is 32.3 Å². The summed E-state index contributed by atoms with van der Waals surface area (Å²) in [5.41, 5.74) is 8.17. The van der Waals surface area contributed by atoms with Gasteiger partial charge in [-0.25, -0.2) is 19.2 Å². The van der Waals surface area contributed by atoms with Gasteiger partial charge >= 0.3 is 12.1 Å². The van der Waals surface area contributed by atoms with Gasteiger partial charge in [-0.15, -0.1) is 0 Å². The van der Waals surface area contributed by atoms with Gasteiger partial charge in [-0.3, -0.25) is 4.79 Å². The van der Waals surface area contributed by atoms with Crippen LogP contribution in [0.4, 0.5) is 17.6 Å². The number of hydrogen-bond acceptors (Lipinski definition) is 5. The van der Waals surface area contributed by atoms with Crippen LogP contribution in [0.1, 0.15) is 17.9 Å². The van der Waals surface area contributed by atoms with Crippen molar-refractivity contribution in [2.45, 2.75) is 35.1 Å². The first-order chi connectivity index (χ1) is 16.5. The van der Waals surface area contributed by atoms with E-state index in [1.54, 1.807) is 23.2 Å². The maximum atomic E-state index is 13.0. The van der Waals surface area contributed by atoms with Gasteiger partial charge in [-0.05, 0) is 41.8 Å². The molecule has 1 amide bonds. The van der Waals surface area contributed by atoms with E-state index in [0.717, 1.165) is 33.3 Å². The number of nitrogens with two attached hydrogens (primary N) is 1. The van der Waals surface area contributed by atoms with Gasteiger partial charge in [0.1, 0.15) is 22.4 Å². The van der Waals surface area contributed by atoms with Crippen molar-refractivity contribution in [2.24, 2.45) is 11.7 Å². The SMILES string of the molecule is NC(=O)[C@H]1C[C@@H]1c1ccc(-c2ncn(CCF)c2Sc2ccc(Cl)cn2)cc1.O=C(O)C(F)(F)F. The van der Waals surface area contributed by atoms with Crippen LogP contribution in [0.5, 0.6) is 0 Å². The molecule has 2 heterocycles. The molecule has 186 valence electrons. The Kier molecular flexibility index (Phi) is 8.39. The molecule has 0 bridgehead atoms. The molecule has 2 aromatic heterocycles. The second-order valence-electron chi connectivity index (χ2n) is 7.47. The standard InChI is InChI=1S/C20H18ClFN4OS.C2HF3O2/c21-14-5-6-17(24-10-14)28-20-18(25-11-26(20)8-7-22)13-3-1-12(2-4-13)15-9-16(15)19(23)27;3-2(4,5)1(6)7/h1-6,10-11,15-16H,7-9H2,(H2,23,27);(H,6,7)/t15-,16+;/m1./s1. The average molecular weight is 531 g/mol. The monoisotopic (exact) mass is 530 g/mol. The van der Waals surface area contributed by atoms with Crippen LogP contribution in [-0.4, -0.2) is 44.4 Å². The summed E-state index contributed by atoms with van der Waals surface area (Å²) in [6.07, 6.45) is -1.05. The Morgan fingerprint density at radius 1 is 1.17 bits per heavy atom. The summed E-state index contributed by atoms with van der Waals surface area (Å²) in [4.78, 5) is 29.0. The summed E-state index contributed by atoms with van der Waals surface area (Å²) in [5.74, 6) is -2.85. The number of benzene rings is 1. The number of carbonyl (C=O) groups excluding carboxylic acids is 1. The molecule has 0 aliphatic heterocycles. The van der Waals surface area contributed by atoms with E-state index in [1.165, 1.54) is 11.8 Å². The van der Waals surface area contributed by atoms with Gasteiger partial charge < -0.3 is 15.4 Å². The largest absolute Gasteiger partial charge is 0.490 e. The maximum absolute atomic E-state index is 13.0. The van der Waals surface area contributed by atoms with E-state index in [9.17, 15) is 22.4 Å². The van der Waals surface area contributed by atoms with Crippen LogP contribution >= 0.6 is 23.4 Å². The summed E-state index contributed by atoms with van der Waals surface area (Å²) < 4.78 is 46.5. The van der Waals surface area contributed by atoms with E-state index < -0.39 is 18.8 Å². The lowest BCUT2D eigenvalue weighted by molar-refractivity contribution is -0.192. The van der Waals surface area contributed by atoms with Crippen LogP contribution in [0.2, 0.25) is 5.02 Å². The lowest BCUT2D eigenvalue weighted by atomic mass is 10.1. The van der Waals surface area contributed by atoms with Crippen molar-refractivity contribution in [2.75, 3.05) is 6.67 Å². The topological polar surface area (TPSA) is 111 Å². The third-order valence-electron chi connectivity index (χ3n) is 5.03. The number of pyridine rings is 1. The number of carboxylic acids is 1. The molecule has 35 heavy (non-hydrogen) atoms. The summed E-state index contributed by atoms with van der Waals surface area (Å²) in [7, 11) is 0. The van der Waals surface area contributed by atoms with Gasteiger partial charge in [0.2, 0.25) is 5.91 Å². The van der Waals surface area contributed by atoms with Crippen LogP contribution in [0.15, 0.2) is 59.0 Å². The normalized spacial score (nSPS) is 16.8. The molecular formula is C22H19ClF4N4O3S. The Morgan fingerprint density at radius 2 is 1.83 bits per heavy atom. The predicted octanol–water partition coefficient (Wildman–Crippen LogP) is 4.94. The van der Waals surface area contributed by atoms with Crippen molar-refractivity contribution in [3.63, 3.8) is 0 Å². The number of alkyl halides is 4. The minimum Gasteiger partial charge on any atom is -0.475 e. The second kappa shape index (κ2) is 11.1. The first-order valence-corrected chi connectivity index (χ1v) is 11.3. The molecule has 3 aromatic rings. The number of imidazole rings is 1. The van der Waals surface area contributed by atoms with Gasteiger partial charge in [-0.1, -0.05) is 35.9 Å². The lowest BCUT2D eigenvalue weighted by Gasteiger charge is -2.09. The third kappa shape index (κ3) is 6.95. The number of carbonyl (C=O) groups is 2. The lowest BCUT2D eigenvalue weighted by Crippen LogP contribution is -2.21. The molecule has 3 N–H and O–H groups in total. The molecule has 1 aliphatic rings. The number of aliphatic carboxylic acids is 1. The van der Waals surface area contributed by atoms with Crippen molar-refractivity contribution >= 4 is 35.2 Å². The highest BCUT2D eigenvalue weighted by Gasteiger charge is 2.42. The Hall–Kier alpha value is -3.12. The van der Waals surface area contributed by atoms with E-state index in [-0.39, 0.29) is 24.3 Å². The molecule has 0 spiro atoms. The van der Waals surface area contributed by atoms with Crippen molar-refractivity contribution in [1.82, 2.24) is 14.5 Å². The molecular weight excluding hydrogens is 512 g/mol. The Labute approximate surface area is 206 Å². The van der Waals surface area contributed by atoms with Crippen LogP contribution in [-0.2, 0) is 16.1 Å². The van der Waals surface area contributed by atoms with E-state index in [0.29, 0.717) is 5.02 Å². The molecule has 1 saturated carbocycles. The number of rotatable bonds is 7. The smallest absolute Gasteiger partial charge is 0.475 e. The Morgan fingerprint density at radius 3 is 2.31 bits per heavy atom. The highest BCUT2D eigenvalue weighted by molar-refractivity contribution is 7.99. The fourth-order valence-electron chi connectivity index (χ4n) is 3.21. The number of amides is 1. The fraction of sp³-hybridized carbons (Fsp3) is 0.273. The van der Waals surface area contributed by atoms with Crippen LogP contribution in [0.25, 0.3) is 11.3 Å². The molecule has 1 aliphatic carbocycles. The first kappa shape index (κ1) is 26.5. The van der Waals surface area contributed by atoms with E-state index in [4.69, 9.17) is 27.2 Å². The molecule has 0 saturated heterocycles. The fourth-order valence-corrected chi connectivity index (χ4v) is 4.29. The van der Waals surface area contributed by atoms with Crippen LogP contribution in [0, 0.1) is 5.92 Å². The minimum absolute atomic E-state index is 0.0586. The molecule has 0 radical (unpaired) electrons. The Balaban J connectivity index is 0.000000429. The highest BCUT2D eigenvalue weighted by Crippen LogP contribution is 2.47. The van der Waals surface area contributed by atoms with Gasteiger partial charge in [0, 0.05) is 17.7 Å². The molecule has 1 fully saturated rings. The third-order valence-corrected chi connectivity index (χ3v) is 6.32. The summed E-state index contributed by atoms with van der Waals surface area (Å²) in [6.45, 7) is -0.254. The molecule has 13 heteroatoms. The molecule has 1 aromatic carbocycles. The Bertz CT molecular complexity index is 1190. The number of aromatic nitrogens is 3. The van der Waals surface area contributed by atoms with Crippen molar-refractivity contribution in [1.29, 1.82) is 0 Å². The van der Waals surface area contributed by atoms with Gasteiger partial charge in [0.15, 0.2) is 0 Å². The molecule has 0 unspecified atom stereocenters. The van der Waals surface area contributed by atoms with Crippen LogP contribution in [0.3, 0.4) is 0 Å². The van der Waals surface area contributed by atoms with Gasteiger partial charge in [0.25, 0.3) is 0 Å². The number of carboxylic acid groups (broad SMARTS) is 1. The molecule has 7 nitrogen and oxygen atoms in total. The number of halogens is 5. The average Bonchev–Trinajstić information content (AvgIpc) is 3.52. The number of hydrogen-bond donors (Lipinski definition) is 2. The second-order valence-corrected chi connectivity index (χ2v) is 8.92. The summed E-state index contributed by atoms with van der Waals surface area (Å²) in [6, 6.07) is 11.6.